The molecule has 0 aliphatic heterocycles. The zero-order chi connectivity index (χ0) is 17.5. The van der Waals surface area contributed by atoms with E-state index in [0.717, 1.165) is 22.4 Å². The summed E-state index contributed by atoms with van der Waals surface area (Å²) in [7, 11) is 0. The number of aliphatic hydroxyl groups excluding tert-OH is 1. The van der Waals surface area contributed by atoms with Gasteiger partial charge in [0.05, 0.1) is 11.9 Å². The third-order valence-electron chi connectivity index (χ3n) is 3.92. The first-order valence-electron chi connectivity index (χ1n) is 8.34. The molecule has 3 aromatic rings. The lowest BCUT2D eigenvalue weighted by Gasteiger charge is -2.11. The molecule has 5 heteroatoms. The Balaban J connectivity index is 1.93. The van der Waals surface area contributed by atoms with Gasteiger partial charge in [0.1, 0.15) is 6.54 Å². The Morgan fingerprint density at radius 2 is 1.64 bits per heavy atom. The average Bonchev–Trinajstić information content (AvgIpc) is 3.07. The third kappa shape index (κ3) is 4.14. The molecule has 0 atom stereocenters. The predicted molar refractivity (Wildman–Crippen MR) is 97.8 cm³/mol. The summed E-state index contributed by atoms with van der Waals surface area (Å²) in [5.74, 6) is -0.117. The summed E-state index contributed by atoms with van der Waals surface area (Å²) in [5, 5.41) is 16.1. The summed E-state index contributed by atoms with van der Waals surface area (Å²) in [6, 6.07) is 20.0. The summed E-state index contributed by atoms with van der Waals surface area (Å²) < 4.78 is 1.73. The molecule has 1 aromatic heterocycles. The van der Waals surface area contributed by atoms with Crippen molar-refractivity contribution in [3.63, 3.8) is 0 Å². The minimum atomic E-state index is -0.117. The molecule has 2 N–H and O–H groups in total. The maximum atomic E-state index is 12.2. The van der Waals surface area contributed by atoms with Gasteiger partial charge in [0.25, 0.3) is 0 Å². The number of benzene rings is 2. The van der Waals surface area contributed by atoms with E-state index in [1.54, 1.807) is 10.9 Å². The number of carbonyl (C=O) groups excluding carboxylic acids is 1. The fourth-order valence-electron chi connectivity index (χ4n) is 2.73. The molecule has 0 saturated carbocycles. The number of hydrogen-bond donors (Lipinski definition) is 2. The second-order valence-corrected chi connectivity index (χ2v) is 5.72. The van der Waals surface area contributed by atoms with Crippen LogP contribution >= 0.6 is 0 Å². The second kappa shape index (κ2) is 8.26. The summed E-state index contributed by atoms with van der Waals surface area (Å²) in [6.07, 6.45) is 2.35. The van der Waals surface area contributed by atoms with Crippen LogP contribution in [0.25, 0.3) is 22.4 Å². The standard InChI is InChI=1S/C20H21N3O2/c24-13-7-12-21-19(25)15-23-20(17-10-5-2-6-11-17)18(14-22-23)16-8-3-1-4-9-16/h1-6,8-11,14,24H,7,12-13,15H2,(H,21,25). The van der Waals surface area contributed by atoms with Crippen molar-refractivity contribution in [2.75, 3.05) is 13.2 Å². The molecular formula is C20H21N3O2. The minimum Gasteiger partial charge on any atom is -0.396 e. The Morgan fingerprint density at radius 3 is 2.28 bits per heavy atom. The fourth-order valence-corrected chi connectivity index (χ4v) is 2.73. The van der Waals surface area contributed by atoms with E-state index in [0.29, 0.717) is 13.0 Å². The van der Waals surface area contributed by atoms with E-state index in [4.69, 9.17) is 5.11 Å². The van der Waals surface area contributed by atoms with Crippen molar-refractivity contribution in [2.45, 2.75) is 13.0 Å². The first-order valence-corrected chi connectivity index (χ1v) is 8.34. The van der Waals surface area contributed by atoms with Crippen molar-refractivity contribution < 1.29 is 9.90 Å². The topological polar surface area (TPSA) is 67.2 Å². The van der Waals surface area contributed by atoms with E-state index in [-0.39, 0.29) is 19.1 Å². The summed E-state index contributed by atoms with van der Waals surface area (Å²) in [6.45, 7) is 0.667. The molecule has 0 unspecified atom stereocenters. The highest BCUT2D eigenvalue weighted by molar-refractivity contribution is 5.82. The van der Waals surface area contributed by atoms with Crippen LogP contribution in [0.1, 0.15) is 6.42 Å². The molecule has 0 spiro atoms. The summed E-state index contributed by atoms with van der Waals surface area (Å²) in [5.41, 5.74) is 3.99. The predicted octanol–water partition coefficient (Wildman–Crippen LogP) is 2.72. The highest BCUT2D eigenvalue weighted by Gasteiger charge is 2.16. The van der Waals surface area contributed by atoms with Gasteiger partial charge in [-0.1, -0.05) is 60.7 Å². The van der Waals surface area contributed by atoms with Gasteiger partial charge >= 0.3 is 0 Å². The Morgan fingerprint density at radius 1 is 1.00 bits per heavy atom. The third-order valence-corrected chi connectivity index (χ3v) is 3.92. The van der Waals surface area contributed by atoms with Gasteiger partial charge in [-0.2, -0.15) is 5.10 Å². The number of amides is 1. The van der Waals surface area contributed by atoms with Gasteiger partial charge in [-0.05, 0) is 12.0 Å². The number of nitrogens with one attached hydrogen (secondary N) is 1. The molecular weight excluding hydrogens is 314 g/mol. The minimum absolute atomic E-state index is 0.0650. The number of hydrogen-bond acceptors (Lipinski definition) is 3. The maximum Gasteiger partial charge on any atom is 0.241 e. The van der Waals surface area contributed by atoms with Gasteiger partial charge in [0.2, 0.25) is 5.91 Å². The zero-order valence-electron chi connectivity index (χ0n) is 13.9. The molecule has 1 amide bonds. The Kier molecular flexibility index (Phi) is 5.59. The Bertz CT molecular complexity index is 813. The van der Waals surface area contributed by atoms with Crippen LogP contribution in [0.3, 0.4) is 0 Å². The summed E-state index contributed by atoms with van der Waals surface area (Å²) in [4.78, 5) is 12.2. The van der Waals surface area contributed by atoms with Crippen molar-refractivity contribution in [3.8, 4) is 22.4 Å². The molecule has 0 fully saturated rings. The molecule has 25 heavy (non-hydrogen) atoms. The first kappa shape index (κ1) is 16.9. The number of carbonyl (C=O) groups is 1. The molecule has 5 nitrogen and oxygen atoms in total. The van der Waals surface area contributed by atoms with Crippen LogP contribution in [0.15, 0.2) is 66.9 Å². The molecule has 0 radical (unpaired) electrons. The first-order chi connectivity index (χ1) is 12.3. The Hall–Kier alpha value is -2.92. The molecule has 0 aliphatic rings. The van der Waals surface area contributed by atoms with Crippen molar-refractivity contribution in [2.24, 2.45) is 0 Å². The van der Waals surface area contributed by atoms with E-state index in [1.165, 1.54) is 0 Å². The fraction of sp³-hybridized carbons (Fsp3) is 0.200. The van der Waals surface area contributed by atoms with Crippen molar-refractivity contribution >= 4 is 5.91 Å². The highest BCUT2D eigenvalue weighted by atomic mass is 16.3. The smallest absolute Gasteiger partial charge is 0.241 e. The lowest BCUT2D eigenvalue weighted by Crippen LogP contribution is -2.29. The van der Waals surface area contributed by atoms with E-state index in [9.17, 15) is 4.79 Å². The Labute approximate surface area is 146 Å². The zero-order valence-corrected chi connectivity index (χ0v) is 13.9. The number of aliphatic hydroxyl groups is 1. The van der Waals surface area contributed by atoms with Crippen LogP contribution in [0.4, 0.5) is 0 Å². The molecule has 128 valence electrons. The molecule has 0 saturated heterocycles. The quantitative estimate of drug-likeness (QED) is 0.653. The van der Waals surface area contributed by atoms with Crippen molar-refractivity contribution in [1.82, 2.24) is 15.1 Å². The molecule has 3 rings (SSSR count). The summed E-state index contributed by atoms with van der Waals surface area (Å²) >= 11 is 0. The van der Waals surface area contributed by atoms with Crippen molar-refractivity contribution in [1.29, 1.82) is 0 Å². The maximum absolute atomic E-state index is 12.2. The van der Waals surface area contributed by atoms with Crippen LogP contribution in [0.2, 0.25) is 0 Å². The largest absolute Gasteiger partial charge is 0.396 e. The van der Waals surface area contributed by atoms with Gasteiger partial charge in [-0.3, -0.25) is 9.48 Å². The van der Waals surface area contributed by atoms with Crippen LogP contribution in [-0.4, -0.2) is 33.9 Å². The van der Waals surface area contributed by atoms with Gasteiger partial charge in [0, 0.05) is 24.3 Å². The van der Waals surface area contributed by atoms with Crippen LogP contribution in [-0.2, 0) is 11.3 Å². The normalized spacial score (nSPS) is 10.6. The number of nitrogens with zero attached hydrogens (tertiary/aromatic N) is 2. The van der Waals surface area contributed by atoms with Gasteiger partial charge in [-0.25, -0.2) is 0 Å². The van der Waals surface area contributed by atoms with Gasteiger partial charge < -0.3 is 10.4 Å². The van der Waals surface area contributed by atoms with Crippen LogP contribution in [0.5, 0.6) is 0 Å². The van der Waals surface area contributed by atoms with E-state index in [2.05, 4.69) is 10.4 Å². The average molecular weight is 335 g/mol. The molecule has 1 heterocycles. The molecule has 2 aromatic carbocycles. The second-order valence-electron chi connectivity index (χ2n) is 5.72. The number of rotatable bonds is 7. The highest BCUT2D eigenvalue weighted by Crippen LogP contribution is 2.31. The molecule has 0 bridgehead atoms. The SMILES string of the molecule is O=C(Cn1ncc(-c2ccccc2)c1-c1ccccc1)NCCCO. The van der Waals surface area contributed by atoms with E-state index >= 15 is 0 Å². The van der Waals surface area contributed by atoms with E-state index in [1.807, 2.05) is 60.7 Å². The van der Waals surface area contributed by atoms with Gasteiger partial charge in [0.15, 0.2) is 0 Å². The number of aromatic nitrogens is 2. The van der Waals surface area contributed by atoms with Crippen LogP contribution in [0, 0.1) is 0 Å². The van der Waals surface area contributed by atoms with Crippen molar-refractivity contribution in [3.05, 3.63) is 66.9 Å². The lowest BCUT2D eigenvalue weighted by atomic mass is 10.0. The lowest BCUT2D eigenvalue weighted by molar-refractivity contribution is -0.121. The monoisotopic (exact) mass is 335 g/mol. The van der Waals surface area contributed by atoms with Gasteiger partial charge in [-0.15, -0.1) is 0 Å². The van der Waals surface area contributed by atoms with Crippen LogP contribution < -0.4 is 5.32 Å². The molecule has 0 aliphatic carbocycles. The van der Waals surface area contributed by atoms with E-state index < -0.39 is 0 Å².